The Labute approximate surface area is 149 Å². The number of likely N-dealkylation sites (N-methyl/N-ethyl adjacent to an activating group) is 1. The highest BCUT2D eigenvalue weighted by molar-refractivity contribution is 5.79. The molecule has 0 bridgehead atoms. The first-order chi connectivity index (χ1) is 12.3. The van der Waals surface area contributed by atoms with Crippen LogP contribution in [0.5, 0.6) is 0 Å². The molecule has 5 nitrogen and oxygen atoms in total. The lowest BCUT2D eigenvalue weighted by Crippen LogP contribution is -2.43. The van der Waals surface area contributed by atoms with Gasteiger partial charge >= 0.3 is 0 Å². The second-order valence-electron chi connectivity index (χ2n) is 6.35. The van der Waals surface area contributed by atoms with Crippen LogP contribution in [0.2, 0.25) is 0 Å². The number of hydrogen-bond acceptors (Lipinski definition) is 5. The van der Waals surface area contributed by atoms with E-state index in [0.717, 1.165) is 38.3 Å². The number of piperazine rings is 1. The molecule has 1 N–H and O–H groups in total. The number of hydrogen-bond donors (Lipinski definition) is 1. The van der Waals surface area contributed by atoms with Gasteiger partial charge in [0.15, 0.2) is 0 Å². The van der Waals surface area contributed by atoms with Crippen LogP contribution in [0.15, 0.2) is 54.5 Å². The smallest absolute Gasteiger partial charge is 0.106 e. The van der Waals surface area contributed by atoms with Crippen LogP contribution in [0.25, 0.3) is 6.08 Å². The fourth-order valence-electron chi connectivity index (χ4n) is 3.00. The molecule has 0 aromatic carbocycles. The molecule has 130 valence electrons. The highest BCUT2D eigenvalue weighted by Crippen LogP contribution is 2.17. The standard InChI is InChI=1S/C20H25N5/c1-24-12-14-25(15-13-24)18-5-3-2-4-17(6-8-18)7-9-19-20(16-21)23-11-10-22-19/h2,4-11,16-17,21H,3,12-15H2,1H3/b4-2?,8-6?,9-7+,18-5?,21-16?. The van der Waals surface area contributed by atoms with Gasteiger partial charge in [-0.2, -0.15) is 0 Å². The van der Waals surface area contributed by atoms with Crippen LogP contribution in [0.4, 0.5) is 0 Å². The fourth-order valence-corrected chi connectivity index (χ4v) is 3.00. The van der Waals surface area contributed by atoms with Crippen LogP contribution in [-0.4, -0.2) is 59.2 Å². The molecular formula is C20H25N5. The van der Waals surface area contributed by atoms with Crippen molar-refractivity contribution >= 4 is 12.3 Å². The normalized spacial score (nSPS) is 21.9. The van der Waals surface area contributed by atoms with E-state index in [1.54, 1.807) is 12.4 Å². The van der Waals surface area contributed by atoms with Gasteiger partial charge in [-0.3, -0.25) is 9.97 Å². The predicted octanol–water partition coefficient (Wildman–Crippen LogP) is 2.75. The lowest BCUT2D eigenvalue weighted by molar-refractivity contribution is 0.190. The molecule has 1 fully saturated rings. The van der Waals surface area contributed by atoms with E-state index in [1.165, 1.54) is 11.9 Å². The van der Waals surface area contributed by atoms with Crippen LogP contribution >= 0.6 is 0 Å². The number of nitrogens with one attached hydrogen (secondary N) is 1. The second kappa shape index (κ2) is 8.53. The van der Waals surface area contributed by atoms with Gasteiger partial charge in [0.05, 0.1) is 5.69 Å². The van der Waals surface area contributed by atoms with Gasteiger partial charge in [0, 0.05) is 56.4 Å². The molecule has 1 unspecified atom stereocenters. The molecule has 2 heterocycles. The van der Waals surface area contributed by atoms with Crippen molar-refractivity contribution in [1.82, 2.24) is 19.8 Å². The summed E-state index contributed by atoms with van der Waals surface area (Å²) in [6.07, 6.45) is 20.7. The molecule has 0 amide bonds. The van der Waals surface area contributed by atoms with Crippen molar-refractivity contribution in [2.45, 2.75) is 6.42 Å². The average Bonchev–Trinajstić information content (AvgIpc) is 2.62. The molecule has 1 aromatic heterocycles. The maximum Gasteiger partial charge on any atom is 0.106 e. The summed E-state index contributed by atoms with van der Waals surface area (Å²) in [5.74, 6) is 0.219. The minimum atomic E-state index is 0.219. The zero-order valence-corrected chi connectivity index (χ0v) is 14.7. The fraction of sp³-hybridized carbons (Fsp3) is 0.350. The summed E-state index contributed by atoms with van der Waals surface area (Å²) in [4.78, 5) is 13.3. The number of allylic oxidation sites excluding steroid dienone is 6. The van der Waals surface area contributed by atoms with Crippen molar-refractivity contribution in [2.75, 3.05) is 33.2 Å². The van der Waals surface area contributed by atoms with Gasteiger partial charge in [-0.15, -0.1) is 0 Å². The summed E-state index contributed by atoms with van der Waals surface area (Å²) in [5.41, 5.74) is 2.64. The Hall–Kier alpha value is -2.53. The van der Waals surface area contributed by atoms with Gasteiger partial charge in [-0.05, 0) is 25.6 Å². The Balaban J connectivity index is 1.70. The predicted molar refractivity (Wildman–Crippen MR) is 102 cm³/mol. The minimum Gasteiger partial charge on any atom is -0.369 e. The van der Waals surface area contributed by atoms with Crippen molar-refractivity contribution in [3.8, 4) is 0 Å². The quantitative estimate of drug-likeness (QED) is 0.679. The molecule has 1 aliphatic carbocycles. The molecular weight excluding hydrogens is 310 g/mol. The van der Waals surface area contributed by atoms with Crippen molar-refractivity contribution in [3.05, 3.63) is 65.9 Å². The van der Waals surface area contributed by atoms with E-state index < -0.39 is 0 Å². The van der Waals surface area contributed by atoms with Gasteiger partial charge in [0.1, 0.15) is 5.69 Å². The first-order valence-electron chi connectivity index (χ1n) is 8.74. The summed E-state index contributed by atoms with van der Waals surface area (Å²) in [6.45, 7) is 4.39. The molecule has 1 atom stereocenters. The Bertz CT molecular complexity index is 709. The number of nitrogens with zero attached hydrogens (tertiary/aromatic N) is 4. The molecule has 2 aliphatic rings. The highest BCUT2D eigenvalue weighted by atomic mass is 15.2. The zero-order chi connectivity index (χ0) is 17.5. The van der Waals surface area contributed by atoms with Gasteiger partial charge in [-0.25, -0.2) is 0 Å². The summed E-state index contributed by atoms with van der Waals surface area (Å²) < 4.78 is 0. The maximum atomic E-state index is 7.42. The van der Waals surface area contributed by atoms with E-state index in [4.69, 9.17) is 5.41 Å². The summed E-state index contributed by atoms with van der Waals surface area (Å²) >= 11 is 0. The lowest BCUT2D eigenvalue weighted by atomic mass is 10.0. The number of aromatic nitrogens is 2. The molecule has 0 radical (unpaired) electrons. The van der Waals surface area contributed by atoms with E-state index in [0.29, 0.717) is 5.69 Å². The van der Waals surface area contributed by atoms with Gasteiger partial charge in [0.25, 0.3) is 0 Å². The molecule has 1 aliphatic heterocycles. The van der Waals surface area contributed by atoms with Crippen LogP contribution in [-0.2, 0) is 0 Å². The van der Waals surface area contributed by atoms with Gasteiger partial charge in [0.2, 0.25) is 0 Å². The number of rotatable bonds is 4. The van der Waals surface area contributed by atoms with E-state index >= 15 is 0 Å². The van der Waals surface area contributed by atoms with Crippen LogP contribution < -0.4 is 0 Å². The van der Waals surface area contributed by atoms with E-state index in [2.05, 4.69) is 63.3 Å². The van der Waals surface area contributed by atoms with Crippen molar-refractivity contribution in [2.24, 2.45) is 5.92 Å². The molecule has 1 saturated heterocycles. The van der Waals surface area contributed by atoms with Gasteiger partial charge < -0.3 is 15.2 Å². The summed E-state index contributed by atoms with van der Waals surface area (Å²) in [5, 5.41) is 7.42. The third kappa shape index (κ3) is 4.73. The monoisotopic (exact) mass is 335 g/mol. The first-order valence-corrected chi connectivity index (χ1v) is 8.74. The lowest BCUT2D eigenvalue weighted by Gasteiger charge is -2.35. The minimum absolute atomic E-state index is 0.219. The molecule has 1 aromatic rings. The Morgan fingerprint density at radius 2 is 1.84 bits per heavy atom. The molecule has 0 saturated carbocycles. The summed E-state index contributed by atoms with van der Waals surface area (Å²) in [6, 6.07) is 0. The van der Waals surface area contributed by atoms with Crippen molar-refractivity contribution in [1.29, 1.82) is 5.41 Å². The van der Waals surface area contributed by atoms with E-state index in [-0.39, 0.29) is 5.92 Å². The average molecular weight is 335 g/mol. The molecule has 5 heteroatoms. The van der Waals surface area contributed by atoms with E-state index in [1.807, 2.05) is 6.08 Å². The maximum absolute atomic E-state index is 7.42. The third-order valence-electron chi connectivity index (χ3n) is 4.55. The largest absolute Gasteiger partial charge is 0.369 e. The van der Waals surface area contributed by atoms with Gasteiger partial charge in [-0.1, -0.05) is 30.4 Å². The molecule has 0 spiro atoms. The van der Waals surface area contributed by atoms with Crippen LogP contribution in [0, 0.1) is 11.3 Å². The van der Waals surface area contributed by atoms with Crippen molar-refractivity contribution < 1.29 is 0 Å². The first kappa shape index (κ1) is 17.3. The van der Waals surface area contributed by atoms with Crippen LogP contribution in [0.1, 0.15) is 17.8 Å². The van der Waals surface area contributed by atoms with Crippen molar-refractivity contribution in [3.63, 3.8) is 0 Å². The SMILES string of the molecule is CN1CCN(C2=CCC=CC(/C=C/c3nccnc3C=N)C=C2)CC1. The summed E-state index contributed by atoms with van der Waals surface area (Å²) in [7, 11) is 2.18. The highest BCUT2D eigenvalue weighted by Gasteiger charge is 2.15. The zero-order valence-electron chi connectivity index (χ0n) is 14.7. The topological polar surface area (TPSA) is 56.1 Å². The molecule has 25 heavy (non-hydrogen) atoms. The van der Waals surface area contributed by atoms with E-state index in [9.17, 15) is 0 Å². The Morgan fingerprint density at radius 3 is 2.60 bits per heavy atom. The van der Waals surface area contributed by atoms with Crippen LogP contribution in [0.3, 0.4) is 0 Å². The Kier molecular flexibility index (Phi) is 5.90. The second-order valence-corrected chi connectivity index (χ2v) is 6.35. The molecule has 3 rings (SSSR count). The third-order valence-corrected chi connectivity index (χ3v) is 4.55. The Morgan fingerprint density at radius 1 is 1.08 bits per heavy atom.